The number of nitrogens with two attached hydrogens (primary N) is 2. The van der Waals surface area contributed by atoms with E-state index in [1.165, 1.54) is 5.56 Å². The van der Waals surface area contributed by atoms with Crippen LogP contribution in [-0.4, -0.2) is 109 Å². The van der Waals surface area contributed by atoms with Gasteiger partial charge in [0.05, 0.1) is 16.9 Å². The minimum atomic E-state index is -1.10. The average molecular weight is 1280 g/mol. The number of carbonyl (C=O) groups is 9. The van der Waals surface area contributed by atoms with E-state index in [-0.39, 0.29) is 86.0 Å². The minimum absolute atomic E-state index is 0.00366. The number of phenols is 1. The number of unbranched alkanes of at least 4 members (excludes halogenated alkanes) is 1. The third-order valence-corrected chi connectivity index (χ3v) is 20.6. The van der Waals surface area contributed by atoms with E-state index in [1.807, 2.05) is 44.2 Å². The van der Waals surface area contributed by atoms with E-state index >= 15 is 0 Å². The van der Waals surface area contributed by atoms with Crippen LogP contribution in [0.15, 0.2) is 60.7 Å². The van der Waals surface area contributed by atoms with Gasteiger partial charge in [-0.25, -0.2) is 9.59 Å². The molecule has 10 atom stereocenters. The predicted molar refractivity (Wildman–Crippen MR) is 353 cm³/mol. The second kappa shape index (κ2) is 31.7. The van der Waals surface area contributed by atoms with Crippen molar-refractivity contribution in [1.82, 2.24) is 31.9 Å². The fraction of sp³-hybridized carbons (Fsp3) is 0.592. The maximum absolute atomic E-state index is 14.7. The molecule has 0 aliphatic heterocycles. The lowest BCUT2D eigenvalue weighted by Gasteiger charge is -2.56. The highest BCUT2D eigenvalue weighted by molar-refractivity contribution is 6.01. The van der Waals surface area contributed by atoms with Gasteiger partial charge in [-0.05, 0) is 196 Å². The molecular weight excluding hydrogens is 1180 g/mol. The smallest absolute Gasteiger partial charge is 0.407 e. The van der Waals surface area contributed by atoms with Crippen LogP contribution < -0.4 is 54.0 Å². The van der Waals surface area contributed by atoms with E-state index in [0.717, 1.165) is 100 Å². The first-order chi connectivity index (χ1) is 44.3. The average Bonchev–Trinajstić information content (AvgIpc) is 0.729. The van der Waals surface area contributed by atoms with Crippen LogP contribution >= 0.6 is 0 Å². The van der Waals surface area contributed by atoms with Crippen LogP contribution in [0.25, 0.3) is 0 Å². The van der Waals surface area contributed by atoms with Gasteiger partial charge in [-0.2, -0.15) is 0 Å². The van der Waals surface area contributed by atoms with E-state index in [9.17, 15) is 48.3 Å². The topological polar surface area (TPSA) is 341 Å². The normalized spacial score (nSPS) is 24.6. The number of imide groups is 1. The van der Waals surface area contributed by atoms with Crippen LogP contribution in [0.1, 0.15) is 185 Å². The Bertz CT molecular complexity index is 3290. The van der Waals surface area contributed by atoms with Crippen molar-refractivity contribution in [3.63, 3.8) is 0 Å². The molecule has 10 amide bonds. The molecule has 0 aromatic heterocycles. The minimum Gasteiger partial charge on any atom is -0.508 e. The maximum atomic E-state index is 14.7. The summed E-state index contributed by atoms with van der Waals surface area (Å²) in [6.45, 7) is 11.8. The van der Waals surface area contributed by atoms with Gasteiger partial charge < -0.3 is 63.3 Å². The number of carbonyl (C=O) groups excluding carboxylic acids is 9. The number of nitrogens with one attached hydrogen (secondary N) is 8. The summed E-state index contributed by atoms with van der Waals surface area (Å²) < 4.78 is 11.1. The maximum Gasteiger partial charge on any atom is 0.407 e. The number of primary amides is 1. The Morgan fingerprint density at radius 1 is 0.645 bits per heavy atom. The van der Waals surface area contributed by atoms with Crippen LogP contribution in [0.4, 0.5) is 21.0 Å². The van der Waals surface area contributed by atoms with Crippen LogP contribution in [0, 0.1) is 40.4 Å². The molecule has 5 aliphatic rings. The number of hydrogen-bond donors (Lipinski definition) is 11. The van der Waals surface area contributed by atoms with Crippen molar-refractivity contribution in [2.75, 3.05) is 36.9 Å². The molecule has 1 unspecified atom stereocenters. The highest BCUT2D eigenvalue weighted by Gasteiger charge is 2.58. The molecule has 0 heterocycles. The lowest BCUT2D eigenvalue weighted by molar-refractivity contribution is -0.150. The molecule has 3 aromatic carbocycles. The number of anilines is 2. The van der Waals surface area contributed by atoms with Gasteiger partial charge >= 0.3 is 12.1 Å². The highest BCUT2D eigenvalue weighted by Crippen LogP contribution is 2.60. The Morgan fingerprint density at radius 3 is 1.94 bits per heavy atom. The van der Waals surface area contributed by atoms with Gasteiger partial charge in [-0.3, -0.25) is 38.9 Å². The zero-order valence-corrected chi connectivity index (χ0v) is 55.1. The number of hydrogen-bond acceptors (Lipinski definition) is 13. The number of aromatic hydroxyl groups is 1. The molecular formula is C71H98N10O12. The van der Waals surface area contributed by atoms with Gasteiger partial charge in [0.15, 0.2) is 0 Å². The van der Waals surface area contributed by atoms with Crippen molar-refractivity contribution in [3.8, 4) is 17.6 Å². The number of ether oxygens (including phenoxy) is 2. The van der Waals surface area contributed by atoms with Crippen LogP contribution in [-0.2, 0) is 73.3 Å². The quantitative estimate of drug-likeness (QED) is 0.0210. The SMILES string of the molecule is CC(C)[C@H](NC(=O)[C@H](N)CCCCNC(=O)COC1C#CCCCCC1)C(=O)N[C@@H](CCCNC(N)=O)C(=O)Nc1ccc(COC(=O)NCC(=O)Nc2ccc3c(c2)[C@@]2(C)CCC[C@](C)(C(=O)NC(=O)[C@@]4(C)CCC[C@]5(C)c6cc(O)ccc6CC[C@@H]45)[C@@H]2CC3)cc1. The van der Waals surface area contributed by atoms with Gasteiger partial charge in [0.1, 0.15) is 43.7 Å². The van der Waals surface area contributed by atoms with Gasteiger partial charge in [0.2, 0.25) is 41.4 Å². The monoisotopic (exact) mass is 1280 g/mol. The molecule has 0 radical (unpaired) electrons. The van der Waals surface area contributed by atoms with Gasteiger partial charge in [0.25, 0.3) is 0 Å². The molecule has 504 valence electrons. The van der Waals surface area contributed by atoms with E-state index in [4.69, 9.17) is 20.9 Å². The number of aryl methyl sites for hydroxylation is 2. The number of alkyl carbamates (subject to hydrolysis) is 1. The van der Waals surface area contributed by atoms with Gasteiger partial charge in [-0.15, -0.1) is 5.92 Å². The largest absolute Gasteiger partial charge is 0.508 e. The van der Waals surface area contributed by atoms with Gasteiger partial charge in [-0.1, -0.05) is 91.0 Å². The molecule has 0 saturated heterocycles. The fourth-order valence-corrected chi connectivity index (χ4v) is 15.4. The number of urea groups is 1. The first-order valence-electron chi connectivity index (χ1n) is 33.5. The van der Waals surface area contributed by atoms with Crippen LogP contribution in [0.3, 0.4) is 0 Å². The molecule has 2 fully saturated rings. The lowest BCUT2D eigenvalue weighted by atomic mass is 9.49. The number of benzene rings is 3. The molecule has 0 spiro atoms. The Hall–Kier alpha value is -8.03. The molecule has 8 rings (SSSR count). The Kier molecular flexibility index (Phi) is 24.2. The van der Waals surface area contributed by atoms with Crippen molar-refractivity contribution >= 4 is 64.8 Å². The van der Waals surface area contributed by atoms with E-state index in [1.54, 1.807) is 44.2 Å². The summed E-state index contributed by atoms with van der Waals surface area (Å²) in [4.78, 5) is 120. The second-order valence-electron chi connectivity index (χ2n) is 27.6. The Morgan fingerprint density at radius 2 is 1.28 bits per heavy atom. The number of amides is 10. The molecule has 5 aliphatic carbocycles. The summed E-state index contributed by atoms with van der Waals surface area (Å²) in [5.74, 6) is 3.02. The zero-order valence-electron chi connectivity index (χ0n) is 55.1. The van der Waals surface area contributed by atoms with Crippen molar-refractivity contribution < 1.29 is 57.7 Å². The van der Waals surface area contributed by atoms with E-state index < -0.39 is 76.0 Å². The third-order valence-electron chi connectivity index (χ3n) is 20.6. The predicted octanol–water partition coefficient (Wildman–Crippen LogP) is 7.60. The first-order valence-corrected chi connectivity index (χ1v) is 33.5. The molecule has 2 saturated carbocycles. The number of fused-ring (bicyclic) bond motifs is 6. The van der Waals surface area contributed by atoms with E-state index in [0.29, 0.717) is 55.6 Å². The van der Waals surface area contributed by atoms with Crippen LogP contribution in [0.5, 0.6) is 5.75 Å². The fourth-order valence-electron chi connectivity index (χ4n) is 15.4. The van der Waals surface area contributed by atoms with Crippen LogP contribution in [0.2, 0.25) is 0 Å². The van der Waals surface area contributed by atoms with Crippen molar-refractivity contribution in [3.05, 3.63) is 88.5 Å². The summed E-state index contributed by atoms with van der Waals surface area (Å²) in [7, 11) is 0. The third kappa shape index (κ3) is 17.8. The summed E-state index contributed by atoms with van der Waals surface area (Å²) >= 11 is 0. The Balaban J connectivity index is 0.778. The van der Waals surface area contributed by atoms with Gasteiger partial charge in [0, 0.05) is 30.9 Å². The second-order valence-corrected chi connectivity index (χ2v) is 27.6. The summed E-state index contributed by atoms with van der Waals surface area (Å²) in [5.41, 5.74) is 15.2. The highest BCUT2D eigenvalue weighted by atomic mass is 16.5. The zero-order chi connectivity index (χ0) is 67.1. The standard InChI is InChI=1S/C71H98N10O12/c1-44(2)60(80-61(85)54(72)19-12-13-37-74-59(84)43-92-51-17-10-8-7-9-11-18-51)63(87)79-55(20-14-38-75-66(73)90)62(86)78-48-27-21-45(22-28-48)42-93-67(91)76-41-58(83)77-49-29-23-46-25-31-56-68(3,52(46)39-49)33-15-35-70(56,5)64(88)81-65(89)71(6)36-16-34-69(4)53-40-50(82)30-24-47(53)26-32-57(69)71/h21-24,27-30,39-40,44,51,54-57,60,82H,7-10,12-17,19-20,25-26,31-38,41-43,72H2,1-6H3,(H,74,84)(H,76,91)(H,77,83)(H,78,86)(H,79,87)(H,80,85)(H3,73,75,90)(H,81,88,89)/t51?,54-,55+,56-,57-,60+,68-,69-,70+,71+/m1/s1. The lowest BCUT2D eigenvalue weighted by Crippen LogP contribution is -2.60. The van der Waals surface area contributed by atoms with Crippen molar-refractivity contribution in [1.29, 1.82) is 0 Å². The molecule has 22 heteroatoms. The molecule has 22 nitrogen and oxygen atoms in total. The van der Waals surface area contributed by atoms with E-state index in [2.05, 4.69) is 68.2 Å². The van der Waals surface area contributed by atoms with Crippen molar-refractivity contribution in [2.24, 2.45) is 40.1 Å². The summed E-state index contributed by atoms with van der Waals surface area (Å²) in [5, 5.41) is 32.5. The molecule has 3 aromatic rings. The summed E-state index contributed by atoms with van der Waals surface area (Å²) in [6, 6.07) is 14.0. The Labute approximate surface area is 546 Å². The molecule has 0 bridgehead atoms. The number of rotatable bonds is 26. The molecule has 13 N–H and O–H groups in total. The molecule has 93 heavy (non-hydrogen) atoms. The van der Waals surface area contributed by atoms with Crippen molar-refractivity contribution in [2.45, 2.75) is 212 Å². The summed E-state index contributed by atoms with van der Waals surface area (Å²) in [6.07, 6.45) is 13.3. The number of phenolic OH excluding ortho intramolecular Hbond substituents is 1. The first kappa shape index (κ1) is 70.8.